The molecule has 0 unspecified atom stereocenters. The van der Waals surface area contributed by atoms with Crippen molar-refractivity contribution in [3.8, 4) is 0 Å². The number of rotatable bonds is 3. The topological polar surface area (TPSA) is 28.2 Å². The molecule has 120 valence electrons. The number of nitrogens with zero attached hydrogens (tertiary/aromatic N) is 2. The van der Waals surface area contributed by atoms with Gasteiger partial charge in [-0.1, -0.05) is 13.8 Å². The van der Waals surface area contributed by atoms with Crippen molar-refractivity contribution < 1.29 is 0 Å². The molecule has 1 fully saturated rings. The van der Waals surface area contributed by atoms with E-state index in [1.54, 1.807) is 0 Å². The van der Waals surface area contributed by atoms with E-state index < -0.39 is 0 Å². The van der Waals surface area contributed by atoms with Crippen LogP contribution in [0, 0.1) is 12.3 Å². The van der Waals surface area contributed by atoms with Crippen molar-refractivity contribution >= 4 is 16.5 Å². The summed E-state index contributed by atoms with van der Waals surface area (Å²) in [5.74, 6) is 0. The molecule has 1 saturated heterocycles. The number of hydrogen-bond donors (Lipinski definition) is 1. The van der Waals surface area contributed by atoms with Gasteiger partial charge >= 0.3 is 0 Å². The maximum Gasteiger partial charge on any atom is 0.185 e. The molecular formula is C17H31N3S. The van der Waals surface area contributed by atoms with Gasteiger partial charge in [-0.2, -0.15) is 0 Å². The summed E-state index contributed by atoms with van der Waals surface area (Å²) in [7, 11) is 0. The van der Waals surface area contributed by atoms with Crippen LogP contribution in [0.25, 0.3) is 0 Å². The van der Waals surface area contributed by atoms with Crippen LogP contribution in [0.4, 0.5) is 5.13 Å². The second-order valence-electron chi connectivity index (χ2n) is 8.11. The van der Waals surface area contributed by atoms with Crippen molar-refractivity contribution in [1.29, 1.82) is 0 Å². The highest BCUT2D eigenvalue weighted by molar-refractivity contribution is 7.15. The molecule has 1 aromatic rings. The molecule has 3 nitrogen and oxygen atoms in total. The van der Waals surface area contributed by atoms with Crippen molar-refractivity contribution in [1.82, 2.24) is 10.3 Å². The van der Waals surface area contributed by atoms with Gasteiger partial charge in [0.1, 0.15) is 0 Å². The highest BCUT2D eigenvalue weighted by Gasteiger charge is 2.25. The molecule has 2 rings (SSSR count). The third kappa shape index (κ3) is 4.96. The third-order valence-electron chi connectivity index (χ3n) is 4.27. The van der Waals surface area contributed by atoms with Gasteiger partial charge in [-0.15, -0.1) is 11.3 Å². The van der Waals surface area contributed by atoms with Crippen molar-refractivity contribution in [2.75, 3.05) is 18.0 Å². The molecule has 0 atom stereocenters. The molecule has 1 aromatic heterocycles. The first-order chi connectivity index (χ1) is 9.66. The van der Waals surface area contributed by atoms with Gasteiger partial charge in [0.15, 0.2) is 5.13 Å². The van der Waals surface area contributed by atoms with Gasteiger partial charge in [0, 0.05) is 30.1 Å². The molecule has 1 aliphatic heterocycles. The molecule has 1 aliphatic rings. The molecule has 0 amide bonds. The Morgan fingerprint density at radius 2 is 1.95 bits per heavy atom. The minimum atomic E-state index is 0.156. The average Bonchev–Trinajstić information content (AvgIpc) is 2.61. The average molecular weight is 310 g/mol. The third-order valence-corrected chi connectivity index (χ3v) is 5.49. The van der Waals surface area contributed by atoms with E-state index in [0.29, 0.717) is 5.41 Å². The smallest absolute Gasteiger partial charge is 0.185 e. The number of anilines is 1. The van der Waals surface area contributed by atoms with Crippen LogP contribution in [0.15, 0.2) is 0 Å². The van der Waals surface area contributed by atoms with Gasteiger partial charge in [-0.05, 0) is 52.4 Å². The Morgan fingerprint density at radius 1 is 1.24 bits per heavy atom. The summed E-state index contributed by atoms with van der Waals surface area (Å²) in [5, 5.41) is 4.79. The van der Waals surface area contributed by atoms with Gasteiger partial charge in [0.25, 0.3) is 0 Å². The van der Waals surface area contributed by atoms with Gasteiger partial charge in [0.2, 0.25) is 0 Å². The zero-order valence-electron chi connectivity index (χ0n) is 14.5. The maximum absolute atomic E-state index is 4.83. The van der Waals surface area contributed by atoms with E-state index in [-0.39, 0.29) is 5.54 Å². The summed E-state index contributed by atoms with van der Waals surface area (Å²) in [6, 6.07) is 0. The minimum Gasteiger partial charge on any atom is -0.348 e. The lowest BCUT2D eigenvalue weighted by atomic mass is 9.85. The Hall–Kier alpha value is -0.610. The lowest BCUT2D eigenvalue weighted by Crippen LogP contribution is -2.34. The second kappa shape index (κ2) is 6.25. The van der Waals surface area contributed by atoms with Crippen LogP contribution < -0.4 is 10.2 Å². The van der Waals surface area contributed by atoms with E-state index in [0.717, 1.165) is 19.6 Å². The van der Waals surface area contributed by atoms with Crippen LogP contribution in [-0.4, -0.2) is 23.6 Å². The molecule has 0 aliphatic carbocycles. The molecule has 2 heterocycles. The standard InChI is InChI=1S/C17H31N3S/c1-13-14(12-18-16(2,3)4)21-15(19-13)20-10-7-8-17(5,6)9-11-20/h18H,7-12H2,1-6H3. The Balaban J connectivity index is 2.04. The van der Waals surface area contributed by atoms with Gasteiger partial charge < -0.3 is 10.2 Å². The first-order valence-electron chi connectivity index (χ1n) is 8.13. The molecule has 0 radical (unpaired) electrons. The first kappa shape index (κ1) is 16.8. The van der Waals surface area contributed by atoms with Crippen molar-refractivity contribution in [2.24, 2.45) is 5.41 Å². The van der Waals surface area contributed by atoms with Crippen LogP contribution in [0.1, 0.15) is 64.5 Å². The number of thiazole rings is 1. The molecular weight excluding hydrogens is 278 g/mol. The Kier molecular flexibility index (Phi) is 4.99. The summed E-state index contributed by atoms with van der Waals surface area (Å²) < 4.78 is 0. The Bertz CT molecular complexity index is 471. The summed E-state index contributed by atoms with van der Waals surface area (Å²) in [6.07, 6.45) is 3.87. The number of hydrogen-bond acceptors (Lipinski definition) is 4. The summed E-state index contributed by atoms with van der Waals surface area (Å²) in [4.78, 5) is 8.70. The lowest BCUT2D eigenvalue weighted by molar-refractivity contribution is 0.325. The van der Waals surface area contributed by atoms with Crippen LogP contribution >= 0.6 is 11.3 Å². The SMILES string of the molecule is Cc1nc(N2CCCC(C)(C)CC2)sc1CNC(C)(C)C. The van der Waals surface area contributed by atoms with E-state index in [9.17, 15) is 0 Å². The van der Waals surface area contributed by atoms with Crippen molar-refractivity contribution in [3.05, 3.63) is 10.6 Å². The van der Waals surface area contributed by atoms with E-state index in [2.05, 4.69) is 51.8 Å². The molecule has 0 spiro atoms. The van der Waals surface area contributed by atoms with Gasteiger partial charge in [0.05, 0.1) is 5.69 Å². The van der Waals surface area contributed by atoms with Gasteiger partial charge in [-0.25, -0.2) is 4.98 Å². The molecule has 0 bridgehead atoms. The lowest BCUT2D eigenvalue weighted by Gasteiger charge is -2.23. The zero-order chi connectivity index (χ0) is 15.7. The highest BCUT2D eigenvalue weighted by atomic mass is 32.1. The zero-order valence-corrected chi connectivity index (χ0v) is 15.4. The molecule has 1 N–H and O–H groups in total. The van der Waals surface area contributed by atoms with Crippen LogP contribution in [0.5, 0.6) is 0 Å². The Labute approximate surface area is 134 Å². The van der Waals surface area contributed by atoms with Crippen molar-refractivity contribution in [2.45, 2.75) is 72.9 Å². The first-order valence-corrected chi connectivity index (χ1v) is 8.94. The predicted molar refractivity (Wildman–Crippen MR) is 93.3 cm³/mol. The molecule has 4 heteroatoms. The molecule has 0 aromatic carbocycles. The largest absolute Gasteiger partial charge is 0.348 e. The number of nitrogens with one attached hydrogen (secondary N) is 1. The van der Waals surface area contributed by atoms with E-state index >= 15 is 0 Å². The Morgan fingerprint density at radius 3 is 2.62 bits per heavy atom. The number of aromatic nitrogens is 1. The van der Waals surface area contributed by atoms with Crippen LogP contribution in [-0.2, 0) is 6.54 Å². The quantitative estimate of drug-likeness (QED) is 0.899. The maximum atomic E-state index is 4.83. The molecule has 21 heavy (non-hydrogen) atoms. The van der Waals surface area contributed by atoms with Crippen molar-refractivity contribution in [3.63, 3.8) is 0 Å². The summed E-state index contributed by atoms with van der Waals surface area (Å²) in [5.41, 5.74) is 1.83. The van der Waals surface area contributed by atoms with E-state index in [4.69, 9.17) is 4.98 Å². The fourth-order valence-electron chi connectivity index (χ4n) is 2.67. The normalized spacial score (nSPS) is 19.6. The summed E-state index contributed by atoms with van der Waals surface area (Å²) >= 11 is 1.87. The molecule has 0 saturated carbocycles. The van der Waals surface area contributed by atoms with Gasteiger partial charge in [-0.3, -0.25) is 0 Å². The fraction of sp³-hybridized carbons (Fsp3) is 0.824. The highest BCUT2D eigenvalue weighted by Crippen LogP contribution is 2.34. The van der Waals surface area contributed by atoms with E-state index in [1.807, 2.05) is 11.3 Å². The van der Waals surface area contributed by atoms with Crippen LogP contribution in [0.2, 0.25) is 0 Å². The monoisotopic (exact) mass is 309 g/mol. The van der Waals surface area contributed by atoms with Crippen LogP contribution in [0.3, 0.4) is 0 Å². The van der Waals surface area contributed by atoms with E-state index in [1.165, 1.54) is 35.0 Å². The second-order valence-corrected chi connectivity index (χ2v) is 9.18. The number of aryl methyl sites for hydroxylation is 1. The minimum absolute atomic E-state index is 0.156. The summed E-state index contributed by atoms with van der Waals surface area (Å²) in [6.45, 7) is 16.8. The predicted octanol–water partition coefficient (Wildman–Crippen LogP) is 4.36. The fourth-order valence-corrected chi connectivity index (χ4v) is 3.72.